The summed E-state index contributed by atoms with van der Waals surface area (Å²) in [7, 11) is 0. The Morgan fingerprint density at radius 3 is 2.65 bits per heavy atom. The van der Waals surface area contributed by atoms with Gasteiger partial charge in [0.25, 0.3) is 5.91 Å². The van der Waals surface area contributed by atoms with Crippen LogP contribution >= 0.6 is 0 Å². The summed E-state index contributed by atoms with van der Waals surface area (Å²) in [5.74, 6) is -0.923. The predicted octanol–water partition coefficient (Wildman–Crippen LogP) is 0.389. The molecule has 1 fully saturated rings. The third kappa shape index (κ3) is 2.49. The molecule has 1 aliphatic heterocycles. The smallest absolute Gasteiger partial charge is 0.344 e. The lowest BCUT2D eigenvalue weighted by Crippen LogP contribution is -2.41. The molecule has 8 nitrogen and oxygen atoms in total. The maximum atomic E-state index is 12.0. The van der Waals surface area contributed by atoms with Gasteiger partial charge in [-0.05, 0) is 20.8 Å². The van der Waals surface area contributed by atoms with Crippen LogP contribution in [0.15, 0.2) is 4.52 Å². The van der Waals surface area contributed by atoms with Gasteiger partial charge in [0.2, 0.25) is 0 Å². The Hall–Kier alpha value is -2.38. The number of rotatable bonds is 3. The molecule has 20 heavy (non-hydrogen) atoms. The zero-order valence-electron chi connectivity index (χ0n) is 11.4. The molecule has 0 radical (unpaired) electrons. The zero-order chi connectivity index (χ0) is 14.9. The Bertz CT molecular complexity index is 546. The standard InChI is InChI=1S/C12H15N3O5/c1-6-9(7(2)20-14-6)11(17)19-8(3)10(16)15-5-4-13-12(15)18/h8H,4-5H2,1-3H3,(H,13,18)/t8-/m0/s1. The molecule has 8 heteroatoms. The van der Waals surface area contributed by atoms with Crippen LogP contribution in [0.4, 0.5) is 4.79 Å². The van der Waals surface area contributed by atoms with Gasteiger partial charge in [0.05, 0.1) is 5.69 Å². The number of carbonyl (C=O) groups excluding carboxylic acids is 3. The molecule has 0 aliphatic carbocycles. The molecule has 0 unspecified atom stereocenters. The van der Waals surface area contributed by atoms with Crippen molar-refractivity contribution in [3.63, 3.8) is 0 Å². The third-order valence-electron chi connectivity index (χ3n) is 2.99. The Balaban J connectivity index is 2.04. The highest BCUT2D eigenvalue weighted by Crippen LogP contribution is 2.15. The number of esters is 1. The lowest BCUT2D eigenvalue weighted by molar-refractivity contribution is -0.136. The zero-order valence-corrected chi connectivity index (χ0v) is 11.4. The summed E-state index contributed by atoms with van der Waals surface area (Å²) in [5, 5.41) is 6.15. The topological polar surface area (TPSA) is 102 Å². The first kappa shape index (κ1) is 14.0. The van der Waals surface area contributed by atoms with E-state index in [0.717, 1.165) is 4.90 Å². The Morgan fingerprint density at radius 1 is 1.45 bits per heavy atom. The maximum absolute atomic E-state index is 12.0. The number of hydrogen-bond donors (Lipinski definition) is 1. The molecule has 0 saturated carbocycles. The highest BCUT2D eigenvalue weighted by Gasteiger charge is 2.32. The summed E-state index contributed by atoms with van der Waals surface area (Å²) in [6.07, 6.45) is -1.06. The van der Waals surface area contributed by atoms with Crippen LogP contribution in [0.3, 0.4) is 0 Å². The molecule has 0 aromatic carbocycles. The molecule has 1 saturated heterocycles. The van der Waals surface area contributed by atoms with Gasteiger partial charge in [-0.1, -0.05) is 5.16 Å². The molecule has 2 rings (SSSR count). The second-order valence-corrected chi connectivity index (χ2v) is 4.47. The van der Waals surface area contributed by atoms with Crippen LogP contribution < -0.4 is 5.32 Å². The molecule has 1 atom stereocenters. The minimum Gasteiger partial charge on any atom is -0.449 e. The summed E-state index contributed by atoms with van der Waals surface area (Å²) in [6, 6.07) is -0.477. The molecule has 3 amide bonds. The van der Waals surface area contributed by atoms with Gasteiger partial charge in [0.15, 0.2) is 6.10 Å². The summed E-state index contributed by atoms with van der Waals surface area (Å²) in [6.45, 7) is 5.27. The molecule has 1 aromatic rings. The first-order valence-electron chi connectivity index (χ1n) is 6.15. The van der Waals surface area contributed by atoms with Crippen LogP contribution in [0.25, 0.3) is 0 Å². The Kier molecular flexibility index (Phi) is 3.73. The monoisotopic (exact) mass is 281 g/mol. The van der Waals surface area contributed by atoms with Crippen molar-refractivity contribution in [3.05, 3.63) is 17.0 Å². The van der Waals surface area contributed by atoms with E-state index in [1.165, 1.54) is 6.92 Å². The molecule has 108 valence electrons. The molecule has 1 N–H and O–H groups in total. The molecule has 0 bridgehead atoms. The van der Waals surface area contributed by atoms with Gasteiger partial charge < -0.3 is 14.6 Å². The van der Waals surface area contributed by atoms with Gasteiger partial charge in [-0.25, -0.2) is 9.59 Å². The second kappa shape index (κ2) is 5.32. The fraction of sp³-hybridized carbons (Fsp3) is 0.500. The Morgan fingerprint density at radius 2 is 2.15 bits per heavy atom. The SMILES string of the molecule is Cc1noc(C)c1C(=O)O[C@@H](C)C(=O)N1CCNC1=O. The number of aryl methyl sites for hydroxylation is 2. The first-order valence-corrected chi connectivity index (χ1v) is 6.15. The van der Waals surface area contributed by atoms with Crippen LogP contribution in [0.5, 0.6) is 0 Å². The molecular weight excluding hydrogens is 266 g/mol. The van der Waals surface area contributed by atoms with E-state index in [4.69, 9.17) is 9.26 Å². The average Bonchev–Trinajstić information content (AvgIpc) is 2.94. The number of ether oxygens (including phenoxy) is 1. The van der Waals surface area contributed by atoms with Crippen LogP contribution in [-0.2, 0) is 9.53 Å². The number of imide groups is 1. The van der Waals surface area contributed by atoms with E-state index < -0.39 is 24.0 Å². The van der Waals surface area contributed by atoms with Crippen LogP contribution in [0.1, 0.15) is 28.7 Å². The highest BCUT2D eigenvalue weighted by atomic mass is 16.5. The quantitative estimate of drug-likeness (QED) is 0.804. The minimum absolute atomic E-state index is 0.204. The minimum atomic E-state index is -1.06. The van der Waals surface area contributed by atoms with Crippen LogP contribution in [0.2, 0.25) is 0 Å². The van der Waals surface area contributed by atoms with Gasteiger partial charge in [0, 0.05) is 13.1 Å². The van der Waals surface area contributed by atoms with Crippen molar-refractivity contribution >= 4 is 17.9 Å². The number of amides is 3. The number of carbonyl (C=O) groups is 3. The number of hydrogen-bond acceptors (Lipinski definition) is 6. The lowest BCUT2D eigenvalue weighted by atomic mass is 10.2. The van der Waals surface area contributed by atoms with E-state index in [1.807, 2.05) is 0 Å². The maximum Gasteiger partial charge on any atom is 0.344 e. The van der Waals surface area contributed by atoms with Crippen molar-refractivity contribution in [1.29, 1.82) is 0 Å². The fourth-order valence-corrected chi connectivity index (χ4v) is 1.95. The number of urea groups is 1. The average molecular weight is 281 g/mol. The Labute approximate surface area is 115 Å². The molecule has 0 spiro atoms. The number of nitrogens with one attached hydrogen (secondary N) is 1. The van der Waals surface area contributed by atoms with E-state index in [2.05, 4.69) is 10.5 Å². The summed E-state index contributed by atoms with van der Waals surface area (Å²) >= 11 is 0. The van der Waals surface area contributed by atoms with E-state index in [-0.39, 0.29) is 12.1 Å². The van der Waals surface area contributed by atoms with Crippen molar-refractivity contribution in [3.8, 4) is 0 Å². The van der Waals surface area contributed by atoms with Gasteiger partial charge in [0.1, 0.15) is 11.3 Å². The van der Waals surface area contributed by atoms with Crippen molar-refractivity contribution in [2.24, 2.45) is 0 Å². The lowest BCUT2D eigenvalue weighted by Gasteiger charge is -2.17. The van der Waals surface area contributed by atoms with E-state index >= 15 is 0 Å². The molecule has 1 aliphatic rings. The van der Waals surface area contributed by atoms with E-state index in [1.54, 1.807) is 13.8 Å². The normalized spacial score (nSPS) is 15.9. The van der Waals surface area contributed by atoms with E-state index in [0.29, 0.717) is 18.0 Å². The van der Waals surface area contributed by atoms with E-state index in [9.17, 15) is 14.4 Å². The van der Waals surface area contributed by atoms with Gasteiger partial charge in [-0.2, -0.15) is 0 Å². The largest absolute Gasteiger partial charge is 0.449 e. The van der Waals surface area contributed by atoms with Crippen LogP contribution in [0, 0.1) is 13.8 Å². The number of nitrogens with zero attached hydrogens (tertiary/aromatic N) is 2. The summed E-state index contributed by atoms with van der Waals surface area (Å²) < 4.78 is 9.93. The van der Waals surface area contributed by atoms with Crippen LogP contribution in [-0.4, -0.2) is 47.2 Å². The first-order chi connectivity index (χ1) is 9.41. The molecular formula is C12H15N3O5. The fourth-order valence-electron chi connectivity index (χ4n) is 1.95. The van der Waals surface area contributed by atoms with Gasteiger partial charge >= 0.3 is 12.0 Å². The van der Waals surface area contributed by atoms with Crippen molar-refractivity contribution in [2.45, 2.75) is 26.9 Å². The number of aromatic nitrogens is 1. The van der Waals surface area contributed by atoms with Gasteiger partial charge in [-0.3, -0.25) is 9.69 Å². The van der Waals surface area contributed by atoms with Gasteiger partial charge in [-0.15, -0.1) is 0 Å². The summed E-state index contributed by atoms with van der Waals surface area (Å²) in [5.41, 5.74) is 0.599. The van der Waals surface area contributed by atoms with Crippen molar-refractivity contribution in [1.82, 2.24) is 15.4 Å². The molecule has 1 aromatic heterocycles. The third-order valence-corrected chi connectivity index (χ3v) is 2.99. The highest BCUT2D eigenvalue weighted by molar-refractivity contribution is 5.99. The predicted molar refractivity (Wildman–Crippen MR) is 66.0 cm³/mol. The molecule has 2 heterocycles. The van der Waals surface area contributed by atoms with Crippen molar-refractivity contribution < 1.29 is 23.6 Å². The van der Waals surface area contributed by atoms with Crippen molar-refractivity contribution in [2.75, 3.05) is 13.1 Å². The summed E-state index contributed by atoms with van der Waals surface area (Å²) in [4.78, 5) is 36.3. The second-order valence-electron chi connectivity index (χ2n) is 4.47.